The second-order valence-electron chi connectivity index (χ2n) is 7.57. The molecule has 0 radical (unpaired) electrons. The van der Waals surface area contributed by atoms with Crippen molar-refractivity contribution in [2.75, 3.05) is 41.3 Å². The van der Waals surface area contributed by atoms with Crippen LogP contribution in [0.2, 0.25) is 0 Å². The average molecular weight is 391 g/mol. The number of hydrogen-bond donors (Lipinski definition) is 1. The van der Waals surface area contributed by atoms with Crippen LogP contribution in [0.3, 0.4) is 0 Å². The molecule has 0 unspecified atom stereocenters. The molecule has 5 nitrogen and oxygen atoms in total. The van der Waals surface area contributed by atoms with Crippen molar-refractivity contribution >= 4 is 23.1 Å². The number of halogens is 1. The topological polar surface area (TPSA) is 44.3 Å². The van der Waals surface area contributed by atoms with Gasteiger partial charge in [-0.3, -0.25) is 0 Å². The van der Waals surface area contributed by atoms with E-state index in [0.29, 0.717) is 17.6 Å². The fourth-order valence-electron chi connectivity index (χ4n) is 3.55. The average Bonchev–Trinajstić information content (AvgIpc) is 2.75. The van der Waals surface area contributed by atoms with E-state index in [2.05, 4.69) is 63.2 Å². The van der Waals surface area contributed by atoms with E-state index in [1.165, 1.54) is 11.6 Å². The molecule has 4 rings (SSSR count). The number of nitrogens with one attached hydrogen (secondary N) is 1. The summed E-state index contributed by atoms with van der Waals surface area (Å²) in [6, 6.07) is 17.2. The van der Waals surface area contributed by atoms with Gasteiger partial charge < -0.3 is 15.1 Å². The lowest BCUT2D eigenvalue weighted by Crippen LogP contribution is -2.47. The highest BCUT2D eigenvalue weighted by molar-refractivity contribution is 5.56. The Kier molecular flexibility index (Phi) is 5.60. The van der Waals surface area contributed by atoms with E-state index in [0.717, 1.165) is 37.7 Å². The summed E-state index contributed by atoms with van der Waals surface area (Å²) in [7, 11) is 0. The number of aromatic nitrogens is 2. The summed E-state index contributed by atoms with van der Waals surface area (Å²) in [6.45, 7) is 7.44. The van der Waals surface area contributed by atoms with Gasteiger partial charge in [-0.05, 0) is 41.8 Å². The summed E-state index contributed by atoms with van der Waals surface area (Å²) in [6.07, 6.45) is 1.77. The van der Waals surface area contributed by atoms with Crippen LogP contribution in [-0.4, -0.2) is 36.1 Å². The van der Waals surface area contributed by atoms with Crippen molar-refractivity contribution in [1.29, 1.82) is 0 Å². The van der Waals surface area contributed by atoms with Crippen LogP contribution in [-0.2, 0) is 0 Å². The number of rotatable bonds is 5. The van der Waals surface area contributed by atoms with Crippen LogP contribution >= 0.6 is 0 Å². The minimum absolute atomic E-state index is 0.169. The standard InChI is InChI=1S/C23H26FN5/c1-17(2)18-7-9-19(10-8-18)26-23-25-12-11-22(27-23)29-15-13-28(14-16-29)21-6-4-3-5-20(21)24/h3-12,17H,13-16H2,1-2H3,(H,25,26,27). The third-order valence-corrected chi connectivity index (χ3v) is 5.27. The molecule has 1 aliphatic rings. The number of para-hydroxylation sites is 1. The van der Waals surface area contributed by atoms with Gasteiger partial charge in [-0.25, -0.2) is 9.37 Å². The molecule has 0 atom stereocenters. The van der Waals surface area contributed by atoms with E-state index in [-0.39, 0.29) is 5.82 Å². The predicted molar refractivity (Wildman–Crippen MR) is 117 cm³/mol. The van der Waals surface area contributed by atoms with Crippen LogP contribution in [0, 0.1) is 5.82 Å². The molecule has 1 fully saturated rings. The largest absolute Gasteiger partial charge is 0.366 e. The van der Waals surface area contributed by atoms with Crippen LogP contribution in [0.4, 0.5) is 27.5 Å². The molecular weight excluding hydrogens is 365 g/mol. The lowest BCUT2D eigenvalue weighted by atomic mass is 10.0. The van der Waals surface area contributed by atoms with Crippen molar-refractivity contribution in [3.63, 3.8) is 0 Å². The van der Waals surface area contributed by atoms with Gasteiger partial charge in [0.05, 0.1) is 5.69 Å². The minimum Gasteiger partial charge on any atom is -0.366 e. The van der Waals surface area contributed by atoms with Crippen molar-refractivity contribution in [1.82, 2.24) is 9.97 Å². The van der Waals surface area contributed by atoms with E-state index in [1.807, 2.05) is 18.2 Å². The van der Waals surface area contributed by atoms with Crippen LogP contribution in [0.25, 0.3) is 0 Å². The molecule has 1 aliphatic heterocycles. The zero-order chi connectivity index (χ0) is 20.2. The van der Waals surface area contributed by atoms with Gasteiger partial charge in [0.25, 0.3) is 0 Å². The highest BCUT2D eigenvalue weighted by Crippen LogP contribution is 2.23. The van der Waals surface area contributed by atoms with Crippen molar-refractivity contribution in [2.45, 2.75) is 19.8 Å². The number of piperazine rings is 1. The number of nitrogens with zero attached hydrogens (tertiary/aromatic N) is 4. The number of benzene rings is 2. The van der Waals surface area contributed by atoms with Gasteiger partial charge in [0.2, 0.25) is 5.95 Å². The van der Waals surface area contributed by atoms with E-state index in [1.54, 1.807) is 12.3 Å². The van der Waals surface area contributed by atoms with Gasteiger partial charge in [0.1, 0.15) is 11.6 Å². The van der Waals surface area contributed by atoms with E-state index in [9.17, 15) is 4.39 Å². The summed E-state index contributed by atoms with van der Waals surface area (Å²) in [5.74, 6) is 1.80. The van der Waals surface area contributed by atoms with E-state index in [4.69, 9.17) is 0 Å². The Hall–Kier alpha value is -3.15. The van der Waals surface area contributed by atoms with E-state index >= 15 is 0 Å². The molecule has 2 heterocycles. The Balaban J connectivity index is 1.41. The first-order valence-electron chi connectivity index (χ1n) is 10.0. The van der Waals surface area contributed by atoms with Crippen molar-refractivity contribution in [2.24, 2.45) is 0 Å². The van der Waals surface area contributed by atoms with Crippen LogP contribution in [0.5, 0.6) is 0 Å². The van der Waals surface area contributed by atoms with E-state index < -0.39 is 0 Å². The normalized spacial score (nSPS) is 14.3. The molecule has 2 aromatic carbocycles. The molecule has 6 heteroatoms. The highest BCUT2D eigenvalue weighted by Gasteiger charge is 2.20. The van der Waals surface area contributed by atoms with Crippen molar-refractivity contribution in [3.05, 3.63) is 72.2 Å². The third kappa shape index (κ3) is 4.47. The van der Waals surface area contributed by atoms with Gasteiger partial charge in [0, 0.05) is 38.1 Å². The summed E-state index contributed by atoms with van der Waals surface area (Å²) in [5.41, 5.74) is 2.94. The second-order valence-corrected chi connectivity index (χ2v) is 7.57. The van der Waals surface area contributed by atoms with Gasteiger partial charge in [-0.1, -0.05) is 38.1 Å². The van der Waals surface area contributed by atoms with Gasteiger partial charge in [-0.2, -0.15) is 4.98 Å². The maximum Gasteiger partial charge on any atom is 0.229 e. The smallest absolute Gasteiger partial charge is 0.229 e. The Bertz CT molecular complexity index is 949. The first kappa shape index (κ1) is 19.2. The van der Waals surface area contributed by atoms with Crippen molar-refractivity contribution < 1.29 is 4.39 Å². The molecule has 150 valence electrons. The predicted octanol–water partition coefficient (Wildman–Crippen LogP) is 4.81. The molecule has 1 N–H and O–H groups in total. The molecule has 0 aliphatic carbocycles. The summed E-state index contributed by atoms with van der Waals surface area (Å²) in [4.78, 5) is 13.3. The molecular formula is C23H26FN5. The Morgan fingerprint density at radius 1 is 0.897 bits per heavy atom. The lowest BCUT2D eigenvalue weighted by Gasteiger charge is -2.36. The molecule has 1 aromatic heterocycles. The first-order valence-corrected chi connectivity index (χ1v) is 10.0. The van der Waals surface area contributed by atoms with Crippen LogP contribution in [0.1, 0.15) is 25.3 Å². The Labute approximate surface area is 171 Å². The lowest BCUT2D eigenvalue weighted by molar-refractivity contribution is 0.596. The third-order valence-electron chi connectivity index (χ3n) is 5.27. The molecule has 0 spiro atoms. The molecule has 0 saturated carbocycles. The fourth-order valence-corrected chi connectivity index (χ4v) is 3.55. The zero-order valence-electron chi connectivity index (χ0n) is 16.8. The molecule has 1 saturated heterocycles. The second kappa shape index (κ2) is 8.47. The Morgan fingerprint density at radius 2 is 1.59 bits per heavy atom. The van der Waals surface area contributed by atoms with Gasteiger partial charge in [-0.15, -0.1) is 0 Å². The number of hydrogen-bond acceptors (Lipinski definition) is 5. The maximum atomic E-state index is 14.0. The summed E-state index contributed by atoms with van der Waals surface area (Å²) in [5, 5.41) is 3.28. The highest BCUT2D eigenvalue weighted by atomic mass is 19.1. The van der Waals surface area contributed by atoms with Gasteiger partial charge in [0.15, 0.2) is 0 Å². The van der Waals surface area contributed by atoms with Crippen LogP contribution < -0.4 is 15.1 Å². The SMILES string of the molecule is CC(C)c1ccc(Nc2nccc(N3CCN(c4ccccc4F)CC3)n2)cc1. The molecule has 3 aromatic rings. The van der Waals surface area contributed by atoms with Crippen LogP contribution in [0.15, 0.2) is 60.8 Å². The van der Waals surface area contributed by atoms with Crippen molar-refractivity contribution in [3.8, 4) is 0 Å². The first-order chi connectivity index (χ1) is 14.1. The summed E-state index contributed by atoms with van der Waals surface area (Å²) >= 11 is 0. The van der Waals surface area contributed by atoms with Gasteiger partial charge >= 0.3 is 0 Å². The monoisotopic (exact) mass is 391 g/mol. The maximum absolute atomic E-state index is 14.0. The Morgan fingerprint density at radius 3 is 2.28 bits per heavy atom. The minimum atomic E-state index is -0.169. The molecule has 0 bridgehead atoms. The summed E-state index contributed by atoms with van der Waals surface area (Å²) < 4.78 is 14.0. The molecule has 29 heavy (non-hydrogen) atoms. The quantitative estimate of drug-likeness (QED) is 0.676. The fraction of sp³-hybridized carbons (Fsp3) is 0.304. The molecule has 0 amide bonds. The zero-order valence-corrected chi connectivity index (χ0v) is 16.8. The number of anilines is 4.